The highest BCUT2D eigenvalue weighted by Gasteiger charge is 2.16. The molecule has 1 N–H and O–H groups in total. The van der Waals surface area contributed by atoms with E-state index in [1.165, 1.54) is 18.2 Å². The molecule has 1 aromatic heterocycles. The van der Waals surface area contributed by atoms with E-state index in [0.29, 0.717) is 0 Å². The van der Waals surface area contributed by atoms with Crippen molar-refractivity contribution < 1.29 is 12.6 Å². The van der Waals surface area contributed by atoms with Crippen LogP contribution in [-0.4, -0.2) is 18.6 Å². The molecule has 0 amide bonds. The molecule has 1 aromatic carbocycles. The summed E-state index contributed by atoms with van der Waals surface area (Å²) in [7, 11) is -3.91. The van der Waals surface area contributed by atoms with E-state index < -0.39 is 15.7 Å². The summed E-state index contributed by atoms with van der Waals surface area (Å²) in [6, 6.07) is 9.97. The number of nitrogens with one attached hydrogen (secondary N) is 1. The first-order chi connectivity index (χ1) is 8.08. The van der Waals surface area contributed by atoms with E-state index in [4.69, 9.17) is 4.18 Å². The fourth-order valence-corrected chi connectivity index (χ4v) is 2.03. The zero-order chi connectivity index (χ0) is 12.3. The van der Waals surface area contributed by atoms with Gasteiger partial charge in [0.2, 0.25) is 0 Å². The maximum absolute atomic E-state index is 11.7. The summed E-state index contributed by atoms with van der Waals surface area (Å²) in [5, 5.41) is 5.53. The number of hydrogen-bond acceptors (Lipinski definition) is 5. The van der Waals surface area contributed by atoms with E-state index in [2.05, 4.69) is 10.2 Å². The van der Waals surface area contributed by atoms with Crippen LogP contribution >= 0.6 is 0 Å². The Bertz CT molecular complexity index is 644. The average Bonchev–Trinajstić information content (AvgIpc) is 2.33. The molecule has 0 spiro atoms. The molecule has 0 bridgehead atoms. The van der Waals surface area contributed by atoms with Crippen LogP contribution in [0.15, 0.2) is 52.2 Å². The number of aromatic nitrogens is 2. The van der Waals surface area contributed by atoms with Gasteiger partial charge in [-0.3, -0.25) is 4.79 Å². The highest BCUT2D eigenvalue weighted by atomic mass is 32.2. The lowest BCUT2D eigenvalue weighted by molar-refractivity contribution is 0.471. The monoisotopic (exact) mass is 252 g/mol. The van der Waals surface area contributed by atoms with Gasteiger partial charge in [0.15, 0.2) is 0 Å². The largest absolute Gasteiger partial charge is 0.357 e. The number of benzene rings is 1. The highest BCUT2D eigenvalue weighted by Crippen LogP contribution is 2.14. The van der Waals surface area contributed by atoms with Crippen LogP contribution in [0.25, 0.3) is 0 Å². The van der Waals surface area contributed by atoms with Gasteiger partial charge >= 0.3 is 10.1 Å². The molecule has 0 aliphatic rings. The van der Waals surface area contributed by atoms with Gasteiger partial charge in [0.25, 0.3) is 11.4 Å². The first kappa shape index (κ1) is 11.3. The summed E-state index contributed by atoms with van der Waals surface area (Å²) >= 11 is 0. The molecule has 0 atom stereocenters. The van der Waals surface area contributed by atoms with E-state index in [9.17, 15) is 13.2 Å². The van der Waals surface area contributed by atoms with Crippen LogP contribution < -0.4 is 9.74 Å². The van der Waals surface area contributed by atoms with Gasteiger partial charge in [-0.05, 0) is 12.1 Å². The molecule has 7 heteroatoms. The third-order valence-corrected chi connectivity index (χ3v) is 3.12. The number of rotatable bonds is 3. The van der Waals surface area contributed by atoms with Crippen molar-refractivity contribution in [3.63, 3.8) is 0 Å². The van der Waals surface area contributed by atoms with Gasteiger partial charge in [0, 0.05) is 12.1 Å². The molecule has 0 radical (unpaired) electrons. The second-order valence-corrected chi connectivity index (χ2v) is 4.66. The quantitative estimate of drug-likeness (QED) is 0.805. The van der Waals surface area contributed by atoms with E-state index in [-0.39, 0.29) is 10.8 Å². The maximum Gasteiger partial charge on any atom is 0.340 e. The predicted molar refractivity (Wildman–Crippen MR) is 59.1 cm³/mol. The van der Waals surface area contributed by atoms with Crippen LogP contribution in [0.2, 0.25) is 0 Å². The number of nitrogens with zero attached hydrogens (tertiary/aromatic N) is 1. The minimum atomic E-state index is -3.91. The van der Waals surface area contributed by atoms with Crippen LogP contribution in [0.3, 0.4) is 0 Å². The van der Waals surface area contributed by atoms with Crippen molar-refractivity contribution in [2.24, 2.45) is 0 Å². The van der Waals surface area contributed by atoms with E-state index in [1.807, 2.05) is 0 Å². The van der Waals surface area contributed by atoms with Crippen LogP contribution in [0.4, 0.5) is 0 Å². The standard InChI is InChI=1S/C10H8N2O4S/c13-9-6-7-10(12-11-9)16-17(14,15)8-4-2-1-3-5-8/h1-7H,(H,11,13). The van der Waals surface area contributed by atoms with Gasteiger partial charge in [0.1, 0.15) is 4.90 Å². The fraction of sp³-hybridized carbons (Fsp3) is 0. The van der Waals surface area contributed by atoms with Gasteiger partial charge in [-0.1, -0.05) is 18.2 Å². The minimum Gasteiger partial charge on any atom is -0.357 e. The summed E-state index contributed by atoms with van der Waals surface area (Å²) in [4.78, 5) is 10.8. The SMILES string of the molecule is O=c1ccc(OS(=O)(=O)c2ccccc2)n[nH]1. The molecule has 6 nitrogen and oxygen atoms in total. The van der Waals surface area contributed by atoms with Crippen LogP contribution in [-0.2, 0) is 10.1 Å². The average molecular weight is 252 g/mol. The van der Waals surface area contributed by atoms with E-state index in [0.717, 1.165) is 6.07 Å². The lowest BCUT2D eigenvalue weighted by atomic mass is 10.4. The zero-order valence-corrected chi connectivity index (χ0v) is 9.35. The summed E-state index contributed by atoms with van der Waals surface area (Å²) in [5.41, 5.74) is -0.436. The normalized spacial score (nSPS) is 11.1. The Hall–Kier alpha value is -2.15. The number of H-pyrrole nitrogens is 1. The second kappa shape index (κ2) is 4.38. The summed E-state index contributed by atoms with van der Waals surface area (Å²) in [5.74, 6) is -0.187. The molecule has 0 fully saturated rings. The van der Waals surface area contributed by atoms with Crippen LogP contribution in [0.5, 0.6) is 5.88 Å². The Morgan fingerprint density at radius 2 is 1.76 bits per heavy atom. The topological polar surface area (TPSA) is 89.1 Å². The molecule has 1 heterocycles. The van der Waals surface area contributed by atoms with E-state index in [1.54, 1.807) is 18.2 Å². The summed E-state index contributed by atoms with van der Waals surface area (Å²) in [6.45, 7) is 0. The Labute approximate surface area is 97.0 Å². The molecular weight excluding hydrogens is 244 g/mol. The summed E-state index contributed by atoms with van der Waals surface area (Å²) < 4.78 is 28.2. The van der Waals surface area contributed by atoms with Gasteiger partial charge in [0.05, 0.1) is 0 Å². The third kappa shape index (κ3) is 2.70. The maximum atomic E-state index is 11.7. The molecule has 2 aromatic rings. The zero-order valence-electron chi connectivity index (χ0n) is 8.53. The molecular formula is C10H8N2O4S. The van der Waals surface area contributed by atoms with Crippen molar-refractivity contribution in [3.05, 3.63) is 52.8 Å². The molecule has 17 heavy (non-hydrogen) atoms. The Morgan fingerprint density at radius 1 is 1.06 bits per heavy atom. The third-order valence-electron chi connectivity index (χ3n) is 1.88. The van der Waals surface area contributed by atoms with Crippen molar-refractivity contribution >= 4 is 10.1 Å². The first-order valence-corrected chi connectivity index (χ1v) is 6.04. The van der Waals surface area contributed by atoms with Gasteiger partial charge in [-0.25, -0.2) is 5.10 Å². The lowest BCUT2D eigenvalue weighted by Gasteiger charge is -2.04. The predicted octanol–water partition coefficient (Wildman–Crippen LogP) is 0.538. The van der Waals surface area contributed by atoms with Gasteiger partial charge in [-0.15, -0.1) is 5.10 Å². The fourth-order valence-electron chi connectivity index (χ4n) is 1.13. The molecule has 0 saturated heterocycles. The van der Waals surface area contributed by atoms with E-state index >= 15 is 0 Å². The minimum absolute atomic E-state index is 0.0213. The van der Waals surface area contributed by atoms with Crippen molar-refractivity contribution in [2.45, 2.75) is 4.90 Å². The van der Waals surface area contributed by atoms with Crippen molar-refractivity contribution in [2.75, 3.05) is 0 Å². The molecule has 0 aliphatic heterocycles. The molecule has 2 rings (SSSR count). The molecule has 0 aliphatic carbocycles. The van der Waals surface area contributed by atoms with Crippen molar-refractivity contribution in [1.82, 2.24) is 10.2 Å². The number of aromatic amines is 1. The molecule has 0 unspecified atom stereocenters. The Morgan fingerprint density at radius 3 is 2.35 bits per heavy atom. The molecule has 0 saturated carbocycles. The first-order valence-electron chi connectivity index (χ1n) is 4.63. The summed E-state index contributed by atoms with van der Waals surface area (Å²) in [6.07, 6.45) is 0. The second-order valence-electron chi connectivity index (χ2n) is 3.11. The lowest BCUT2D eigenvalue weighted by Crippen LogP contribution is -2.13. The van der Waals surface area contributed by atoms with Gasteiger partial charge in [-0.2, -0.15) is 8.42 Å². The highest BCUT2D eigenvalue weighted by molar-refractivity contribution is 7.87. The van der Waals surface area contributed by atoms with Crippen molar-refractivity contribution in [1.29, 1.82) is 0 Å². The number of hydrogen-bond donors (Lipinski definition) is 1. The van der Waals surface area contributed by atoms with Crippen LogP contribution in [0.1, 0.15) is 0 Å². The Kier molecular flexibility index (Phi) is 2.92. The van der Waals surface area contributed by atoms with Gasteiger partial charge < -0.3 is 4.18 Å². The van der Waals surface area contributed by atoms with Crippen molar-refractivity contribution in [3.8, 4) is 5.88 Å². The smallest absolute Gasteiger partial charge is 0.340 e. The van der Waals surface area contributed by atoms with Crippen LogP contribution in [0, 0.1) is 0 Å². The molecule has 88 valence electrons. The Balaban J connectivity index is 2.30.